The zero-order valence-corrected chi connectivity index (χ0v) is 12.3. The van der Waals surface area contributed by atoms with E-state index in [0.29, 0.717) is 13.1 Å². The van der Waals surface area contributed by atoms with Crippen molar-refractivity contribution in [2.45, 2.75) is 38.8 Å². The summed E-state index contributed by atoms with van der Waals surface area (Å²) in [4.78, 5) is 0. The summed E-state index contributed by atoms with van der Waals surface area (Å²) in [5, 5.41) is 13.5. The monoisotopic (exact) mass is 267 g/mol. The number of para-hydroxylation sites is 1. The zero-order valence-electron chi connectivity index (χ0n) is 12.3. The molecule has 0 heterocycles. The van der Waals surface area contributed by atoms with E-state index >= 15 is 0 Å². The van der Waals surface area contributed by atoms with E-state index in [-0.39, 0.29) is 0 Å². The van der Waals surface area contributed by atoms with Gasteiger partial charge in [0.2, 0.25) is 0 Å². The van der Waals surface area contributed by atoms with Gasteiger partial charge in [0.25, 0.3) is 0 Å². The Morgan fingerprint density at radius 3 is 2.37 bits per heavy atom. The average Bonchev–Trinajstić information content (AvgIpc) is 2.46. The largest absolute Gasteiger partial charge is 0.493 e. The van der Waals surface area contributed by atoms with Crippen molar-refractivity contribution in [3.8, 4) is 11.5 Å². The Kier molecular flexibility index (Phi) is 6.12. The topological polar surface area (TPSA) is 50.7 Å². The standard InChI is InChI=1S/C15H25NO3/c1-5-15(17,6-2)11-16-10-12-8-7-9-13(18-3)14(12)19-4/h7-9,16-17H,5-6,10-11H2,1-4H3. The maximum atomic E-state index is 10.2. The first-order valence-electron chi connectivity index (χ1n) is 6.73. The molecule has 0 saturated carbocycles. The van der Waals surface area contributed by atoms with E-state index in [0.717, 1.165) is 29.9 Å². The molecule has 0 bridgehead atoms. The normalized spacial score (nSPS) is 11.4. The van der Waals surface area contributed by atoms with Gasteiger partial charge in [0.15, 0.2) is 11.5 Å². The molecule has 0 spiro atoms. The summed E-state index contributed by atoms with van der Waals surface area (Å²) in [5.74, 6) is 1.47. The quantitative estimate of drug-likeness (QED) is 0.759. The summed E-state index contributed by atoms with van der Waals surface area (Å²) in [7, 11) is 3.26. The Morgan fingerprint density at radius 1 is 1.16 bits per heavy atom. The lowest BCUT2D eigenvalue weighted by Crippen LogP contribution is -2.39. The molecule has 0 unspecified atom stereocenters. The van der Waals surface area contributed by atoms with Crippen LogP contribution in [0.1, 0.15) is 32.3 Å². The van der Waals surface area contributed by atoms with Crippen LogP contribution in [0.4, 0.5) is 0 Å². The number of benzene rings is 1. The van der Waals surface area contributed by atoms with E-state index in [9.17, 15) is 5.11 Å². The molecule has 0 aliphatic carbocycles. The average molecular weight is 267 g/mol. The third-order valence-corrected chi connectivity index (χ3v) is 3.57. The van der Waals surface area contributed by atoms with Crippen LogP contribution in [0, 0.1) is 0 Å². The summed E-state index contributed by atoms with van der Waals surface area (Å²) in [6.07, 6.45) is 1.48. The molecule has 108 valence electrons. The molecule has 2 N–H and O–H groups in total. The number of nitrogens with one attached hydrogen (secondary N) is 1. The molecule has 0 aromatic heterocycles. The molecule has 1 aromatic carbocycles. The molecule has 1 rings (SSSR count). The van der Waals surface area contributed by atoms with Gasteiger partial charge in [-0.1, -0.05) is 26.0 Å². The van der Waals surface area contributed by atoms with E-state index < -0.39 is 5.60 Å². The Balaban J connectivity index is 2.68. The predicted octanol–water partition coefficient (Wildman–Crippen LogP) is 2.34. The Morgan fingerprint density at radius 2 is 1.84 bits per heavy atom. The van der Waals surface area contributed by atoms with Gasteiger partial charge >= 0.3 is 0 Å². The van der Waals surface area contributed by atoms with Crippen LogP contribution >= 0.6 is 0 Å². The lowest BCUT2D eigenvalue weighted by Gasteiger charge is -2.25. The van der Waals surface area contributed by atoms with Crippen molar-refractivity contribution >= 4 is 0 Å². The fourth-order valence-electron chi connectivity index (χ4n) is 2.02. The third-order valence-electron chi connectivity index (χ3n) is 3.57. The van der Waals surface area contributed by atoms with Crippen LogP contribution in [0.15, 0.2) is 18.2 Å². The number of methoxy groups -OCH3 is 2. The molecule has 4 nitrogen and oxygen atoms in total. The van der Waals surface area contributed by atoms with E-state index in [1.165, 1.54) is 0 Å². The second-order valence-corrected chi connectivity index (χ2v) is 4.69. The van der Waals surface area contributed by atoms with Crippen LogP contribution < -0.4 is 14.8 Å². The molecule has 4 heteroatoms. The van der Waals surface area contributed by atoms with Crippen molar-refractivity contribution in [1.82, 2.24) is 5.32 Å². The van der Waals surface area contributed by atoms with Crippen molar-refractivity contribution in [1.29, 1.82) is 0 Å². The van der Waals surface area contributed by atoms with Crippen molar-refractivity contribution in [2.24, 2.45) is 0 Å². The highest BCUT2D eigenvalue weighted by molar-refractivity contribution is 5.46. The highest BCUT2D eigenvalue weighted by atomic mass is 16.5. The molecule has 0 radical (unpaired) electrons. The van der Waals surface area contributed by atoms with E-state index in [1.807, 2.05) is 32.0 Å². The molecule has 0 saturated heterocycles. The molecule has 0 fully saturated rings. The van der Waals surface area contributed by atoms with Gasteiger partial charge in [-0.3, -0.25) is 0 Å². The van der Waals surface area contributed by atoms with Crippen LogP contribution in [0.5, 0.6) is 11.5 Å². The lowest BCUT2D eigenvalue weighted by atomic mass is 9.97. The van der Waals surface area contributed by atoms with Gasteiger partial charge in [-0.05, 0) is 18.9 Å². The summed E-state index contributed by atoms with van der Waals surface area (Å²) in [6.45, 7) is 5.21. The van der Waals surface area contributed by atoms with Crippen molar-refractivity contribution < 1.29 is 14.6 Å². The van der Waals surface area contributed by atoms with Gasteiger partial charge in [-0.2, -0.15) is 0 Å². The molecule has 0 atom stereocenters. The molecular formula is C15H25NO3. The summed E-state index contributed by atoms with van der Waals surface area (Å²) in [6, 6.07) is 5.80. The fourth-order valence-corrected chi connectivity index (χ4v) is 2.02. The fraction of sp³-hybridized carbons (Fsp3) is 0.600. The van der Waals surface area contributed by atoms with Crippen LogP contribution in [0.2, 0.25) is 0 Å². The van der Waals surface area contributed by atoms with Crippen LogP contribution in [-0.4, -0.2) is 31.5 Å². The lowest BCUT2D eigenvalue weighted by molar-refractivity contribution is 0.0322. The Bertz CT molecular complexity index is 389. The molecule has 0 aliphatic heterocycles. The summed E-state index contributed by atoms with van der Waals surface area (Å²) >= 11 is 0. The van der Waals surface area contributed by atoms with Gasteiger partial charge in [-0.15, -0.1) is 0 Å². The zero-order chi connectivity index (χ0) is 14.3. The van der Waals surface area contributed by atoms with Gasteiger partial charge in [-0.25, -0.2) is 0 Å². The molecule has 19 heavy (non-hydrogen) atoms. The van der Waals surface area contributed by atoms with Gasteiger partial charge in [0.1, 0.15) is 0 Å². The first-order chi connectivity index (χ1) is 9.10. The smallest absolute Gasteiger partial charge is 0.165 e. The highest BCUT2D eigenvalue weighted by Gasteiger charge is 2.21. The Labute approximate surface area is 115 Å². The van der Waals surface area contributed by atoms with E-state index in [4.69, 9.17) is 9.47 Å². The maximum Gasteiger partial charge on any atom is 0.165 e. The minimum absolute atomic E-state index is 0.570. The summed E-state index contributed by atoms with van der Waals surface area (Å²) < 4.78 is 10.6. The first kappa shape index (κ1) is 15.8. The second-order valence-electron chi connectivity index (χ2n) is 4.69. The van der Waals surface area contributed by atoms with Crippen LogP contribution in [-0.2, 0) is 6.54 Å². The Hall–Kier alpha value is -1.26. The third kappa shape index (κ3) is 4.11. The number of hydrogen-bond donors (Lipinski definition) is 2. The second kappa shape index (κ2) is 7.36. The molecular weight excluding hydrogens is 242 g/mol. The van der Waals surface area contributed by atoms with Crippen molar-refractivity contribution in [3.05, 3.63) is 23.8 Å². The number of hydrogen-bond acceptors (Lipinski definition) is 4. The van der Waals surface area contributed by atoms with Gasteiger partial charge in [0, 0.05) is 18.7 Å². The number of rotatable bonds is 8. The summed E-state index contributed by atoms with van der Waals surface area (Å²) in [5.41, 5.74) is 0.392. The van der Waals surface area contributed by atoms with Crippen molar-refractivity contribution in [2.75, 3.05) is 20.8 Å². The van der Waals surface area contributed by atoms with Gasteiger partial charge < -0.3 is 19.9 Å². The number of aliphatic hydroxyl groups is 1. The van der Waals surface area contributed by atoms with Crippen LogP contribution in [0.25, 0.3) is 0 Å². The maximum absolute atomic E-state index is 10.2. The van der Waals surface area contributed by atoms with Crippen LogP contribution in [0.3, 0.4) is 0 Å². The van der Waals surface area contributed by atoms with Gasteiger partial charge in [0.05, 0.1) is 19.8 Å². The molecule has 0 amide bonds. The molecule has 1 aromatic rings. The highest BCUT2D eigenvalue weighted by Crippen LogP contribution is 2.30. The number of ether oxygens (including phenoxy) is 2. The minimum Gasteiger partial charge on any atom is -0.493 e. The SMILES string of the molecule is CCC(O)(CC)CNCc1cccc(OC)c1OC. The molecule has 0 aliphatic rings. The van der Waals surface area contributed by atoms with E-state index in [1.54, 1.807) is 14.2 Å². The predicted molar refractivity (Wildman–Crippen MR) is 76.8 cm³/mol. The van der Waals surface area contributed by atoms with Crippen molar-refractivity contribution in [3.63, 3.8) is 0 Å². The minimum atomic E-state index is -0.633. The van der Waals surface area contributed by atoms with E-state index in [2.05, 4.69) is 5.32 Å². The first-order valence-corrected chi connectivity index (χ1v) is 6.73.